The quantitative estimate of drug-likeness (QED) is 0.374. The van der Waals surface area contributed by atoms with E-state index < -0.39 is 44.8 Å². The zero-order valence-electron chi connectivity index (χ0n) is 23.5. The molecule has 0 bridgehead atoms. The number of primary amides is 1. The molecule has 0 aliphatic carbocycles. The first-order chi connectivity index (χ1) is 19.7. The van der Waals surface area contributed by atoms with E-state index in [1.165, 1.54) is 44.2 Å². The van der Waals surface area contributed by atoms with Gasteiger partial charge in [-0.2, -0.15) is 5.26 Å². The van der Waals surface area contributed by atoms with Gasteiger partial charge in [0.15, 0.2) is 9.84 Å². The highest BCUT2D eigenvalue weighted by molar-refractivity contribution is 9.10. The lowest BCUT2D eigenvalue weighted by Gasteiger charge is -2.36. The number of benzene rings is 3. The van der Waals surface area contributed by atoms with Crippen LogP contribution in [0.5, 0.6) is 5.75 Å². The highest BCUT2D eigenvalue weighted by Gasteiger charge is 2.49. The van der Waals surface area contributed by atoms with Gasteiger partial charge in [0.05, 0.1) is 42.6 Å². The topological polar surface area (TPSA) is 163 Å². The maximum atomic E-state index is 14.5. The number of amides is 3. The minimum absolute atomic E-state index is 0.0438. The van der Waals surface area contributed by atoms with Crippen molar-refractivity contribution in [3.05, 3.63) is 64.1 Å². The molecule has 1 heterocycles. The molecule has 1 unspecified atom stereocenters. The molecular weight excluding hydrogens is 626 g/mol. The lowest BCUT2D eigenvalue weighted by molar-refractivity contribution is -0.133. The fraction of sp³-hybridized carbons (Fsp3) is 0.310. The van der Waals surface area contributed by atoms with Gasteiger partial charge in [-0.1, -0.05) is 28.1 Å². The largest absolute Gasteiger partial charge is 0.496 e. The number of nitrogens with two attached hydrogens (primary N) is 1. The molecule has 1 aliphatic heterocycles. The van der Waals surface area contributed by atoms with Crippen molar-refractivity contribution in [2.75, 3.05) is 42.5 Å². The van der Waals surface area contributed by atoms with Crippen LogP contribution in [-0.4, -0.2) is 64.4 Å². The number of fused-ring (bicyclic) bond motifs is 2. The number of carbonyl (C=O) groups excluding carboxylic acids is 3. The van der Waals surface area contributed by atoms with Gasteiger partial charge in [-0.05, 0) is 61.1 Å². The minimum Gasteiger partial charge on any atom is -0.496 e. The summed E-state index contributed by atoms with van der Waals surface area (Å²) in [5, 5.41) is 14.2. The molecule has 0 fully saturated rings. The zero-order valence-corrected chi connectivity index (χ0v) is 25.9. The second kappa shape index (κ2) is 11.7. The van der Waals surface area contributed by atoms with Gasteiger partial charge in [-0.25, -0.2) is 8.42 Å². The number of anilines is 2. The van der Waals surface area contributed by atoms with Crippen LogP contribution < -0.4 is 25.6 Å². The molecule has 0 spiro atoms. The van der Waals surface area contributed by atoms with E-state index in [1.807, 2.05) is 30.3 Å². The van der Waals surface area contributed by atoms with Crippen molar-refractivity contribution in [3.63, 3.8) is 0 Å². The smallest absolute Gasteiger partial charge is 0.242 e. The summed E-state index contributed by atoms with van der Waals surface area (Å²) in [5.74, 6) is -3.78. The number of likely N-dealkylation sites (N-methyl/N-ethyl adjacent to an activating group) is 1. The van der Waals surface area contributed by atoms with Crippen molar-refractivity contribution in [2.24, 2.45) is 11.7 Å². The lowest BCUT2D eigenvalue weighted by atomic mass is 9.83. The summed E-state index contributed by atoms with van der Waals surface area (Å²) in [4.78, 5) is 43.4. The van der Waals surface area contributed by atoms with Crippen molar-refractivity contribution in [3.8, 4) is 11.8 Å². The van der Waals surface area contributed by atoms with Gasteiger partial charge in [0.25, 0.3) is 0 Å². The van der Waals surface area contributed by atoms with Gasteiger partial charge in [0.1, 0.15) is 17.0 Å². The Kier molecular flexibility index (Phi) is 8.63. The first-order valence-corrected chi connectivity index (χ1v) is 15.7. The number of rotatable bonds is 8. The Bertz CT molecular complexity index is 1760. The Hall–Kier alpha value is -3.99. The molecule has 3 aromatic rings. The van der Waals surface area contributed by atoms with Gasteiger partial charge >= 0.3 is 0 Å². The van der Waals surface area contributed by atoms with Crippen LogP contribution in [0.1, 0.15) is 18.1 Å². The maximum Gasteiger partial charge on any atom is 0.242 e. The van der Waals surface area contributed by atoms with Crippen molar-refractivity contribution in [1.29, 1.82) is 5.26 Å². The predicted molar refractivity (Wildman–Crippen MR) is 163 cm³/mol. The van der Waals surface area contributed by atoms with E-state index in [0.29, 0.717) is 11.3 Å². The second-order valence-electron chi connectivity index (χ2n) is 10.3. The van der Waals surface area contributed by atoms with E-state index >= 15 is 0 Å². The molecule has 3 aromatic carbocycles. The maximum absolute atomic E-state index is 14.5. The SMILES string of the molecule is CNC(C)(C(N)=O)[C@@H]1CN(C(=O)CS(C)(=O)=O)c2cc(C#N)ccc2N(Cc2c(OC)ccc3c(Br)cccc23)C1=O. The Morgan fingerprint density at radius 3 is 2.50 bits per heavy atom. The van der Waals surface area contributed by atoms with Crippen LogP contribution in [0.25, 0.3) is 10.8 Å². The number of nitrogens with one attached hydrogen (secondary N) is 1. The van der Waals surface area contributed by atoms with E-state index in [-0.39, 0.29) is 30.0 Å². The molecule has 0 saturated heterocycles. The molecule has 42 heavy (non-hydrogen) atoms. The number of ether oxygens (including phenoxy) is 1. The summed E-state index contributed by atoms with van der Waals surface area (Å²) in [6.07, 6.45) is 0.927. The summed E-state index contributed by atoms with van der Waals surface area (Å²) in [6, 6.07) is 15.8. The molecule has 1 aliphatic rings. The summed E-state index contributed by atoms with van der Waals surface area (Å²) < 4.78 is 30.8. The van der Waals surface area contributed by atoms with E-state index in [4.69, 9.17) is 10.5 Å². The minimum atomic E-state index is -3.77. The molecule has 2 atom stereocenters. The Morgan fingerprint density at radius 1 is 1.19 bits per heavy atom. The first kappa shape index (κ1) is 31.0. The van der Waals surface area contributed by atoms with Crippen molar-refractivity contribution in [2.45, 2.75) is 19.0 Å². The highest BCUT2D eigenvalue weighted by atomic mass is 79.9. The van der Waals surface area contributed by atoms with Crippen LogP contribution in [0.4, 0.5) is 11.4 Å². The van der Waals surface area contributed by atoms with Gasteiger partial charge in [0.2, 0.25) is 17.7 Å². The number of halogens is 1. The van der Waals surface area contributed by atoms with Crippen LogP contribution >= 0.6 is 15.9 Å². The average molecular weight is 657 g/mol. The molecule has 13 heteroatoms. The van der Waals surface area contributed by atoms with Gasteiger partial charge < -0.3 is 25.6 Å². The van der Waals surface area contributed by atoms with Gasteiger partial charge in [-0.3, -0.25) is 14.4 Å². The molecule has 3 N–H and O–H groups in total. The number of nitriles is 1. The lowest BCUT2D eigenvalue weighted by Crippen LogP contribution is -2.63. The predicted octanol–water partition coefficient (Wildman–Crippen LogP) is 2.49. The van der Waals surface area contributed by atoms with Gasteiger partial charge in [-0.15, -0.1) is 0 Å². The van der Waals surface area contributed by atoms with Crippen LogP contribution in [0.15, 0.2) is 53.0 Å². The fourth-order valence-corrected chi connectivity index (χ4v) is 6.28. The second-order valence-corrected chi connectivity index (χ2v) is 13.3. The first-order valence-electron chi connectivity index (χ1n) is 12.8. The van der Waals surface area contributed by atoms with Crippen molar-refractivity contribution in [1.82, 2.24) is 5.32 Å². The van der Waals surface area contributed by atoms with Crippen LogP contribution in [-0.2, 0) is 30.8 Å². The Labute approximate surface area is 252 Å². The van der Waals surface area contributed by atoms with E-state index in [0.717, 1.165) is 26.4 Å². The monoisotopic (exact) mass is 655 g/mol. The highest BCUT2D eigenvalue weighted by Crippen LogP contribution is 2.41. The van der Waals surface area contributed by atoms with Crippen LogP contribution in [0.3, 0.4) is 0 Å². The number of carbonyl (C=O) groups is 3. The molecule has 220 valence electrons. The molecular formula is C29H30BrN5O6S. The number of methoxy groups -OCH3 is 1. The van der Waals surface area contributed by atoms with E-state index in [2.05, 4.69) is 21.2 Å². The third kappa shape index (κ3) is 5.70. The number of sulfone groups is 1. The molecule has 11 nitrogen and oxygen atoms in total. The third-order valence-electron chi connectivity index (χ3n) is 7.64. The Balaban J connectivity index is 2.02. The number of hydrogen-bond donors (Lipinski definition) is 2. The van der Waals surface area contributed by atoms with Gasteiger partial charge in [0, 0.05) is 22.8 Å². The van der Waals surface area contributed by atoms with Crippen molar-refractivity contribution < 1.29 is 27.5 Å². The Morgan fingerprint density at radius 2 is 1.90 bits per heavy atom. The number of nitrogens with zero attached hydrogens (tertiary/aromatic N) is 3. The summed E-state index contributed by atoms with van der Waals surface area (Å²) in [6.45, 7) is 1.05. The standard InChI is InChI=1S/C29H30BrN5O6S/c1-29(33-2,28(32)38)21-15-34(26(36)16-42(4,39)40)24-12-17(13-31)8-10-23(24)35(27(21)37)14-20-18-6-5-7-22(30)19(18)9-11-25(20)41-3/h5-12,21,33H,14-16H2,1-4H3,(H2,32,38)/t21-,29?/m1/s1. The summed E-state index contributed by atoms with van der Waals surface area (Å²) >= 11 is 3.57. The van der Waals surface area contributed by atoms with Crippen molar-refractivity contribution >= 4 is 65.6 Å². The van der Waals surface area contributed by atoms with E-state index in [9.17, 15) is 28.1 Å². The van der Waals surface area contributed by atoms with Crippen LogP contribution in [0.2, 0.25) is 0 Å². The molecule has 3 amide bonds. The number of hydrogen-bond acceptors (Lipinski definition) is 8. The average Bonchev–Trinajstić information content (AvgIpc) is 3.06. The van der Waals surface area contributed by atoms with Crippen LogP contribution in [0, 0.1) is 17.2 Å². The van der Waals surface area contributed by atoms with E-state index in [1.54, 1.807) is 6.07 Å². The molecule has 0 saturated carbocycles. The summed E-state index contributed by atoms with van der Waals surface area (Å²) in [5.41, 5.74) is 5.41. The normalized spacial score (nSPS) is 16.8. The summed E-state index contributed by atoms with van der Waals surface area (Å²) in [7, 11) is -0.786. The molecule has 0 aromatic heterocycles. The molecule has 0 radical (unpaired) electrons. The zero-order chi connectivity index (χ0) is 31.0. The third-order valence-corrected chi connectivity index (χ3v) is 9.11. The fourth-order valence-electron chi connectivity index (χ4n) is 5.18. The molecule has 4 rings (SSSR count).